The predicted octanol–water partition coefficient (Wildman–Crippen LogP) is 2.90. The first-order valence-electron chi connectivity index (χ1n) is 8.64. The van der Waals surface area contributed by atoms with Crippen molar-refractivity contribution in [3.8, 4) is 0 Å². The highest BCUT2D eigenvalue weighted by atomic mass is 16.5. The van der Waals surface area contributed by atoms with Gasteiger partial charge in [0, 0.05) is 26.2 Å². The van der Waals surface area contributed by atoms with Crippen molar-refractivity contribution in [2.45, 2.75) is 58.5 Å². The van der Waals surface area contributed by atoms with Crippen LogP contribution in [0.25, 0.3) is 0 Å². The summed E-state index contributed by atoms with van der Waals surface area (Å²) in [6.45, 7) is 10.2. The lowest BCUT2D eigenvalue weighted by atomic mass is 9.69. The fourth-order valence-electron chi connectivity index (χ4n) is 4.29. The Labute approximate surface area is 125 Å². The van der Waals surface area contributed by atoms with Gasteiger partial charge >= 0.3 is 0 Å². The summed E-state index contributed by atoms with van der Waals surface area (Å²) in [7, 11) is 2.29. The zero-order valence-electron chi connectivity index (χ0n) is 13.8. The molecule has 1 heterocycles. The molecule has 3 heteroatoms. The molecule has 2 aliphatic rings. The van der Waals surface area contributed by atoms with Gasteiger partial charge in [0.1, 0.15) is 0 Å². The number of hydrogen-bond donors (Lipinski definition) is 1. The predicted molar refractivity (Wildman–Crippen MR) is 85.1 cm³/mol. The lowest BCUT2D eigenvalue weighted by molar-refractivity contribution is 0.0463. The average Bonchev–Trinajstić information content (AvgIpc) is 2.89. The van der Waals surface area contributed by atoms with Crippen LogP contribution in [-0.4, -0.2) is 50.8 Å². The lowest BCUT2D eigenvalue weighted by Gasteiger charge is -2.43. The maximum absolute atomic E-state index is 5.79. The van der Waals surface area contributed by atoms with Crippen LogP contribution in [0.2, 0.25) is 0 Å². The molecule has 118 valence electrons. The number of rotatable bonds is 7. The van der Waals surface area contributed by atoms with Crippen LogP contribution in [0, 0.1) is 11.3 Å². The van der Waals surface area contributed by atoms with Crippen LogP contribution in [0.1, 0.15) is 52.4 Å². The van der Waals surface area contributed by atoms with E-state index in [2.05, 4.69) is 31.1 Å². The molecule has 0 amide bonds. The molecule has 0 bridgehead atoms. The lowest BCUT2D eigenvalue weighted by Crippen LogP contribution is -2.47. The summed E-state index contributed by atoms with van der Waals surface area (Å²) in [5.41, 5.74) is 0.487. The first kappa shape index (κ1) is 16.3. The molecule has 1 saturated carbocycles. The van der Waals surface area contributed by atoms with Crippen LogP contribution >= 0.6 is 0 Å². The minimum Gasteiger partial charge on any atom is -0.377 e. The molecule has 0 spiro atoms. The van der Waals surface area contributed by atoms with E-state index in [1.807, 2.05) is 0 Å². The zero-order valence-corrected chi connectivity index (χ0v) is 13.8. The Hall–Kier alpha value is -0.120. The maximum Gasteiger partial charge on any atom is 0.0702 e. The number of nitrogens with one attached hydrogen (secondary N) is 1. The molecule has 1 N–H and O–H groups in total. The molecule has 1 aliphatic heterocycles. The monoisotopic (exact) mass is 282 g/mol. The summed E-state index contributed by atoms with van der Waals surface area (Å²) in [4.78, 5) is 2.53. The Morgan fingerprint density at radius 1 is 1.30 bits per heavy atom. The largest absolute Gasteiger partial charge is 0.377 e. The molecule has 20 heavy (non-hydrogen) atoms. The highest BCUT2D eigenvalue weighted by Crippen LogP contribution is 2.39. The van der Waals surface area contributed by atoms with Gasteiger partial charge in [-0.1, -0.05) is 26.7 Å². The molecule has 2 fully saturated rings. The van der Waals surface area contributed by atoms with E-state index in [-0.39, 0.29) is 0 Å². The van der Waals surface area contributed by atoms with Crippen LogP contribution < -0.4 is 5.32 Å². The smallest absolute Gasteiger partial charge is 0.0702 e. The molecule has 3 nitrogen and oxygen atoms in total. The highest BCUT2D eigenvalue weighted by Gasteiger charge is 2.36. The van der Waals surface area contributed by atoms with Crippen molar-refractivity contribution in [3.63, 3.8) is 0 Å². The third-order valence-corrected chi connectivity index (χ3v) is 5.08. The Balaban J connectivity index is 1.88. The first-order valence-corrected chi connectivity index (χ1v) is 8.64. The number of ether oxygens (including phenoxy) is 1. The molecule has 3 atom stereocenters. The molecule has 1 aliphatic carbocycles. The summed E-state index contributed by atoms with van der Waals surface area (Å²) in [6.07, 6.45) is 8.58. The van der Waals surface area contributed by atoms with Crippen molar-refractivity contribution in [2.75, 3.05) is 39.8 Å². The second-order valence-electron chi connectivity index (χ2n) is 7.31. The summed E-state index contributed by atoms with van der Waals surface area (Å²) in [5.74, 6) is 0.888. The van der Waals surface area contributed by atoms with Gasteiger partial charge in [0.05, 0.1) is 6.10 Å². The van der Waals surface area contributed by atoms with E-state index < -0.39 is 0 Å². The van der Waals surface area contributed by atoms with Gasteiger partial charge in [-0.3, -0.25) is 0 Å². The van der Waals surface area contributed by atoms with Crippen molar-refractivity contribution in [1.82, 2.24) is 10.2 Å². The average molecular weight is 282 g/mol. The van der Waals surface area contributed by atoms with Gasteiger partial charge in [-0.25, -0.2) is 0 Å². The normalized spacial score (nSPS) is 34.8. The third kappa shape index (κ3) is 4.71. The third-order valence-electron chi connectivity index (χ3n) is 5.08. The van der Waals surface area contributed by atoms with Crippen molar-refractivity contribution in [2.24, 2.45) is 11.3 Å². The number of nitrogens with zero attached hydrogens (tertiary/aromatic N) is 1. The van der Waals surface area contributed by atoms with Crippen molar-refractivity contribution >= 4 is 0 Å². The van der Waals surface area contributed by atoms with Crippen LogP contribution in [0.5, 0.6) is 0 Å². The summed E-state index contributed by atoms with van der Waals surface area (Å²) in [6, 6.07) is 0. The van der Waals surface area contributed by atoms with Crippen molar-refractivity contribution < 1.29 is 4.74 Å². The second-order valence-corrected chi connectivity index (χ2v) is 7.31. The fraction of sp³-hybridized carbons (Fsp3) is 1.00. The first-order chi connectivity index (χ1) is 9.63. The second kappa shape index (κ2) is 7.77. The maximum atomic E-state index is 5.79. The Kier molecular flexibility index (Phi) is 6.31. The molecule has 3 unspecified atom stereocenters. The van der Waals surface area contributed by atoms with E-state index >= 15 is 0 Å². The topological polar surface area (TPSA) is 24.5 Å². The van der Waals surface area contributed by atoms with E-state index in [1.54, 1.807) is 0 Å². The minimum atomic E-state index is 0.484. The molecule has 0 aromatic rings. The van der Waals surface area contributed by atoms with Gasteiger partial charge in [0.2, 0.25) is 0 Å². The van der Waals surface area contributed by atoms with Gasteiger partial charge in [0.15, 0.2) is 0 Å². The Morgan fingerprint density at radius 2 is 2.15 bits per heavy atom. The fourth-order valence-corrected chi connectivity index (χ4v) is 4.29. The van der Waals surface area contributed by atoms with Gasteiger partial charge in [0.25, 0.3) is 0 Å². The number of likely N-dealkylation sites (N-methyl/N-ethyl adjacent to an activating group) is 1. The van der Waals surface area contributed by atoms with E-state index in [9.17, 15) is 0 Å². The van der Waals surface area contributed by atoms with Crippen molar-refractivity contribution in [3.05, 3.63) is 0 Å². The Bertz CT molecular complexity index is 278. The van der Waals surface area contributed by atoms with Crippen molar-refractivity contribution in [1.29, 1.82) is 0 Å². The number of hydrogen-bond acceptors (Lipinski definition) is 3. The van der Waals surface area contributed by atoms with Gasteiger partial charge in [-0.2, -0.15) is 0 Å². The molecule has 0 radical (unpaired) electrons. The summed E-state index contributed by atoms with van der Waals surface area (Å²) < 4.78 is 5.79. The molecule has 1 saturated heterocycles. The van der Waals surface area contributed by atoms with Crippen LogP contribution in [-0.2, 0) is 4.74 Å². The van der Waals surface area contributed by atoms with Crippen LogP contribution in [0.4, 0.5) is 0 Å². The van der Waals surface area contributed by atoms with Gasteiger partial charge in [-0.05, 0) is 50.6 Å². The molecular weight excluding hydrogens is 248 g/mol. The molecule has 0 aromatic heterocycles. The zero-order chi connectivity index (χ0) is 14.4. The minimum absolute atomic E-state index is 0.484. The molecule has 0 aromatic carbocycles. The van der Waals surface area contributed by atoms with Gasteiger partial charge in [-0.15, -0.1) is 0 Å². The standard InChI is InChI=1S/C17H34N2O/c1-4-18-13-17(9-5-7-15(2)11-17)14-19(3)12-16-8-6-10-20-16/h15-16,18H,4-14H2,1-3H3. The van der Waals surface area contributed by atoms with E-state index in [0.29, 0.717) is 11.5 Å². The summed E-state index contributed by atoms with van der Waals surface area (Å²) in [5, 5.41) is 3.62. The van der Waals surface area contributed by atoms with Gasteiger partial charge < -0.3 is 15.0 Å². The van der Waals surface area contributed by atoms with Crippen LogP contribution in [0.15, 0.2) is 0 Å². The van der Waals surface area contributed by atoms with E-state index in [4.69, 9.17) is 4.74 Å². The molecule has 2 rings (SSSR count). The highest BCUT2D eigenvalue weighted by molar-refractivity contribution is 4.90. The Morgan fingerprint density at radius 3 is 2.80 bits per heavy atom. The molecular formula is C17H34N2O. The van der Waals surface area contributed by atoms with Crippen LogP contribution in [0.3, 0.4) is 0 Å². The SMILES string of the molecule is CCNCC1(CN(C)CC2CCCO2)CCCC(C)C1. The van der Waals surface area contributed by atoms with E-state index in [1.165, 1.54) is 51.6 Å². The van der Waals surface area contributed by atoms with E-state index in [0.717, 1.165) is 25.6 Å². The quantitative estimate of drug-likeness (QED) is 0.777. The summed E-state index contributed by atoms with van der Waals surface area (Å²) >= 11 is 0.